The van der Waals surface area contributed by atoms with Crippen LogP contribution in [0.3, 0.4) is 0 Å². The highest BCUT2D eigenvalue weighted by atomic mass is 127. The number of methoxy groups -OCH3 is 1. The first-order chi connectivity index (χ1) is 9.10. The fraction of sp³-hybridized carbons (Fsp3) is 0.286. The van der Waals surface area contributed by atoms with Gasteiger partial charge in [-0.15, -0.1) is 0 Å². The van der Waals surface area contributed by atoms with Gasteiger partial charge < -0.3 is 9.72 Å². The summed E-state index contributed by atoms with van der Waals surface area (Å²) >= 11 is 1.99. The van der Waals surface area contributed by atoms with Crippen LogP contribution < -0.4 is 5.56 Å². The topological polar surface area (TPSA) is 55.0 Å². The van der Waals surface area contributed by atoms with Gasteiger partial charge in [0.15, 0.2) is 0 Å². The van der Waals surface area contributed by atoms with Crippen molar-refractivity contribution in [3.05, 3.63) is 60.8 Å². The van der Waals surface area contributed by atoms with E-state index >= 15 is 0 Å². The zero-order valence-corrected chi connectivity index (χ0v) is 13.0. The number of hydrogen-bond acceptors (Lipinski definition) is 3. The highest BCUT2D eigenvalue weighted by molar-refractivity contribution is 14.1. The lowest BCUT2D eigenvalue weighted by atomic mass is 10.1. The maximum atomic E-state index is 11.8. The van der Waals surface area contributed by atoms with Crippen molar-refractivity contribution in [2.45, 2.75) is 20.0 Å². The predicted molar refractivity (Wildman–Crippen MR) is 82.3 cm³/mol. The van der Waals surface area contributed by atoms with E-state index in [2.05, 4.69) is 22.1 Å². The Morgan fingerprint density at radius 3 is 2.63 bits per heavy atom. The molecule has 0 aliphatic heterocycles. The number of nitrogens with one attached hydrogen (secondary N) is 1. The molecule has 0 saturated heterocycles. The Morgan fingerprint density at radius 1 is 1.32 bits per heavy atom. The van der Waals surface area contributed by atoms with Crippen LogP contribution in [0.25, 0.3) is 0 Å². The van der Waals surface area contributed by atoms with E-state index < -0.39 is 0 Å². The first-order valence-electron chi connectivity index (χ1n) is 5.92. The van der Waals surface area contributed by atoms with Gasteiger partial charge in [-0.3, -0.25) is 4.79 Å². The van der Waals surface area contributed by atoms with E-state index in [1.807, 2.05) is 41.6 Å². The fourth-order valence-corrected chi connectivity index (χ4v) is 2.18. The predicted octanol–water partition coefficient (Wildman–Crippen LogP) is 2.42. The van der Waals surface area contributed by atoms with Crippen LogP contribution in [0.4, 0.5) is 0 Å². The van der Waals surface area contributed by atoms with E-state index in [1.165, 1.54) is 5.56 Å². The smallest absolute Gasteiger partial charge is 0.264 e. The molecule has 2 rings (SSSR count). The molecule has 0 spiro atoms. The average molecular weight is 370 g/mol. The molecule has 0 atom stereocenters. The highest BCUT2D eigenvalue weighted by Gasteiger charge is 2.09. The number of aromatic nitrogens is 2. The van der Waals surface area contributed by atoms with Gasteiger partial charge in [-0.25, -0.2) is 4.98 Å². The van der Waals surface area contributed by atoms with Crippen molar-refractivity contribution >= 4 is 22.6 Å². The van der Waals surface area contributed by atoms with Crippen LogP contribution in [0.1, 0.15) is 22.6 Å². The molecule has 4 nitrogen and oxygen atoms in total. The molecule has 0 aliphatic rings. The monoisotopic (exact) mass is 370 g/mol. The molecule has 1 heterocycles. The lowest BCUT2D eigenvalue weighted by molar-refractivity contribution is 0.180. The van der Waals surface area contributed by atoms with Crippen molar-refractivity contribution < 1.29 is 4.74 Å². The molecule has 1 aromatic carbocycles. The minimum Gasteiger partial charge on any atom is -0.378 e. The molecule has 0 bridgehead atoms. The maximum Gasteiger partial charge on any atom is 0.264 e. The summed E-state index contributed by atoms with van der Waals surface area (Å²) in [5.41, 5.74) is 2.92. The van der Waals surface area contributed by atoms with Gasteiger partial charge in [0, 0.05) is 13.5 Å². The van der Waals surface area contributed by atoms with Gasteiger partial charge in [-0.1, -0.05) is 29.8 Å². The summed E-state index contributed by atoms with van der Waals surface area (Å²) < 4.78 is 5.65. The summed E-state index contributed by atoms with van der Waals surface area (Å²) in [4.78, 5) is 19.1. The molecule has 0 fully saturated rings. The molecule has 0 saturated carbocycles. The summed E-state index contributed by atoms with van der Waals surface area (Å²) in [6, 6.07) is 8.19. The Morgan fingerprint density at radius 2 is 2.00 bits per heavy atom. The maximum absolute atomic E-state index is 11.8. The Kier molecular flexibility index (Phi) is 4.71. The molecule has 1 N–H and O–H groups in total. The summed E-state index contributed by atoms with van der Waals surface area (Å²) in [5, 5.41) is 0. The third-order valence-corrected chi connectivity index (χ3v) is 3.87. The summed E-state index contributed by atoms with van der Waals surface area (Å²) in [6.45, 7) is 2.40. The third kappa shape index (κ3) is 3.63. The largest absolute Gasteiger partial charge is 0.378 e. The second-order valence-corrected chi connectivity index (χ2v) is 5.45. The van der Waals surface area contributed by atoms with Crippen LogP contribution in [0, 0.1) is 10.5 Å². The molecular formula is C14H15IN2O2. The molecule has 5 heteroatoms. The molecule has 0 amide bonds. The molecular weight excluding hydrogens is 355 g/mol. The van der Waals surface area contributed by atoms with Crippen molar-refractivity contribution in [3.63, 3.8) is 0 Å². The quantitative estimate of drug-likeness (QED) is 0.842. The van der Waals surface area contributed by atoms with Crippen LogP contribution in [0.5, 0.6) is 0 Å². The zero-order valence-electron chi connectivity index (χ0n) is 10.9. The number of halogens is 1. The van der Waals surface area contributed by atoms with Crippen molar-refractivity contribution in [3.8, 4) is 0 Å². The lowest BCUT2D eigenvalue weighted by Gasteiger charge is -2.06. The van der Waals surface area contributed by atoms with Gasteiger partial charge in [-0.2, -0.15) is 0 Å². The number of nitrogens with zero attached hydrogens (tertiary/aromatic N) is 1. The van der Waals surface area contributed by atoms with Gasteiger partial charge in [0.1, 0.15) is 9.39 Å². The molecule has 2 aromatic rings. The Labute approximate surface area is 125 Å². The second kappa shape index (κ2) is 6.29. The third-order valence-electron chi connectivity index (χ3n) is 2.75. The SMILES string of the molecule is COCc1nc(Cc2ccc(C)cc2)[nH]c(=O)c1I. The standard InChI is InChI=1S/C14H15IN2O2/c1-9-3-5-10(6-4-9)7-12-16-11(8-19-2)13(15)14(18)17-12/h3-6H,7-8H2,1-2H3,(H,16,17,18). The van der Waals surface area contributed by atoms with E-state index in [0.29, 0.717) is 28.1 Å². The average Bonchev–Trinajstić information content (AvgIpc) is 2.38. The van der Waals surface area contributed by atoms with Crippen LogP contribution in [0.15, 0.2) is 29.1 Å². The lowest BCUT2D eigenvalue weighted by Crippen LogP contribution is -2.18. The highest BCUT2D eigenvalue weighted by Crippen LogP contribution is 2.10. The fourth-order valence-electron chi connectivity index (χ4n) is 1.77. The van der Waals surface area contributed by atoms with Gasteiger partial charge in [0.25, 0.3) is 5.56 Å². The normalized spacial score (nSPS) is 10.7. The summed E-state index contributed by atoms with van der Waals surface area (Å²) in [5.74, 6) is 0.668. The zero-order chi connectivity index (χ0) is 13.8. The van der Waals surface area contributed by atoms with Crippen molar-refractivity contribution in [2.24, 2.45) is 0 Å². The van der Waals surface area contributed by atoms with E-state index in [4.69, 9.17) is 4.74 Å². The number of benzene rings is 1. The van der Waals surface area contributed by atoms with Crippen molar-refractivity contribution in [1.82, 2.24) is 9.97 Å². The van der Waals surface area contributed by atoms with Crippen LogP contribution in [-0.4, -0.2) is 17.1 Å². The molecule has 0 aliphatic carbocycles. The molecule has 1 aromatic heterocycles. The molecule has 19 heavy (non-hydrogen) atoms. The second-order valence-electron chi connectivity index (χ2n) is 4.37. The number of rotatable bonds is 4. The summed E-state index contributed by atoms with van der Waals surface area (Å²) in [6.07, 6.45) is 0.614. The Balaban J connectivity index is 2.30. The number of aromatic amines is 1. The number of ether oxygens (including phenoxy) is 1. The van der Waals surface area contributed by atoms with E-state index in [-0.39, 0.29) is 5.56 Å². The van der Waals surface area contributed by atoms with Gasteiger partial charge in [-0.05, 0) is 35.1 Å². The van der Waals surface area contributed by atoms with Crippen LogP contribution >= 0.6 is 22.6 Å². The van der Waals surface area contributed by atoms with Crippen LogP contribution in [0.2, 0.25) is 0 Å². The van der Waals surface area contributed by atoms with Crippen molar-refractivity contribution in [2.75, 3.05) is 7.11 Å². The Bertz CT molecular complexity index is 620. The summed E-state index contributed by atoms with van der Waals surface area (Å²) in [7, 11) is 1.60. The van der Waals surface area contributed by atoms with Crippen LogP contribution in [-0.2, 0) is 17.8 Å². The number of aryl methyl sites for hydroxylation is 1. The Hall–Kier alpha value is -1.21. The van der Waals surface area contributed by atoms with E-state index in [1.54, 1.807) is 7.11 Å². The van der Waals surface area contributed by atoms with E-state index in [0.717, 1.165) is 5.56 Å². The minimum atomic E-state index is -0.107. The van der Waals surface area contributed by atoms with E-state index in [9.17, 15) is 4.79 Å². The molecule has 100 valence electrons. The number of hydrogen-bond donors (Lipinski definition) is 1. The minimum absolute atomic E-state index is 0.107. The molecule has 0 radical (unpaired) electrons. The number of H-pyrrole nitrogens is 1. The first kappa shape index (κ1) is 14.2. The van der Waals surface area contributed by atoms with Gasteiger partial charge >= 0.3 is 0 Å². The van der Waals surface area contributed by atoms with Crippen molar-refractivity contribution in [1.29, 1.82) is 0 Å². The van der Waals surface area contributed by atoms with Gasteiger partial charge in [0.2, 0.25) is 0 Å². The van der Waals surface area contributed by atoms with Gasteiger partial charge in [0.05, 0.1) is 12.3 Å². The first-order valence-corrected chi connectivity index (χ1v) is 7.00. The molecule has 0 unspecified atom stereocenters.